The molecule has 1 rings (SSSR count). The first-order valence-corrected chi connectivity index (χ1v) is 6.53. The van der Waals surface area contributed by atoms with E-state index >= 15 is 0 Å². The number of aryl methyl sites for hydroxylation is 2. The molecule has 0 aliphatic rings. The molecule has 1 N–H and O–H groups in total. The van der Waals surface area contributed by atoms with Crippen LogP contribution >= 0.6 is 0 Å². The number of benzene rings is 1. The van der Waals surface area contributed by atoms with Crippen molar-refractivity contribution in [3.8, 4) is 0 Å². The molecule has 4 nitrogen and oxygen atoms in total. The predicted molar refractivity (Wildman–Crippen MR) is 77.4 cm³/mol. The number of hydrogen-bond acceptors (Lipinski definition) is 2. The van der Waals surface area contributed by atoms with Crippen molar-refractivity contribution in [1.29, 1.82) is 0 Å². The molecule has 0 spiro atoms. The summed E-state index contributed by atoms with van der Waals surface area (Å²) in [6.07, 6.45) is 0. The van der Waals surface area contributed by atoms with E-state index in [0.717, 1.165) is 5.56 Å². The molecule has 19 heavy (non-hydrogen) atoms. The summed E-state index contributed by atoms with van der Waals surface area (Å²) in [6, 6.07) is 6.18. The Kier molecular flexibility index (Phi) is 5.83. The molecule has 0 aliphatic carbocycles. The van der Waals surface area contributed by atoms with E-state index in [1.54, 1.807) is 19.1 Å². The summed E-state index contributed by atoms with van der Waals surface area (Å²) in [5.41, 5.74) is 3.63. The van der Waals surface area contributed by atoms with Crippen LogP contribution in [0, 0.1) is 13.8 Å². The van der Waals surface area contributed by atoms with Crippen molar-refractivity contribution < 1.29 is 9.53 Å². The number of methoxy groups -OCH3 is 1. The lowest BCUT2D eigenvalue weighted by Crippen LogP contribution is -2.40. The highest BCUT2D eigenvalue weighted by Gasteiger charge is 2.13. The van der Waals surface area contributed by atoms with Gasteiger partial charge in [-0.05, 0) is 37.5 Å². The predicted octanol–water partition coefficient (Wildman–Crippen LogP) is 2.65. The second-order valence-electron chi connectivity index (χ2n) is 4.93. The maximum absolute atomic E-state index is 11.9. The Morgan fingerprint density at radius 3 is 2.63 bits per heavy atom. The molecular weight excluding hydrogens is 240 g/mol. The van der Waals surface area contributed by atoms with Gasteiger partial charge in [-0.15, -0.1) is 0 Å². The minimum Gasteiger partial charge on any atom is -0.383 e. The second kappa shape index (κ2) is 7.14. The molecule has 0 aliphatic heterocycles. The van der Waals surface area contributed by atoms with Gasteiger partial charge in [0.2, 0.25) is 0 Å². The number of ether oxygens (including phenoxy) is 1. The largest absolute Gasteiger partial charge is 0.383 e. The summed E-state index contributed by atoms with van der Waals surface area (Å²) in [7, 11) is 3.39. The summed E-state index contributed by atoms with van der Waals surface area (Å²) in [5.74, 6) is 0. The number of carbonyl (C=O) groups is 1. The first-order valence-electron chi connectivity index (χ1n) is 6.53. The molecule has 4 heteroatoms. The molecule has 0 radical (unpaired) electrons. The Bertz CT molecular complexity index is 432. The van der Waals surface area contributed by atoms with Gasteiger partial charge in [-0.1, -0.05) is 18.2 Å². The fourth-order valence-corrected chi connectivity index (χ4v) is 1.74. The van der Waals surface area contributed by atoms with E-state index < -0.39 is 0 Å². The molecule has 0 bridgehead atoms. The molecule has 2 amide bonds. The van der Waals surface area contributed by atoms with Gasteiger partial charge in [0, 0.05) is 20.7 Å². The molecule has 0 aromatic heterocycles. The monoisotopic (exact) mass is 264 g/mol. The van der Waals surface area contributed by atoms with Gasteiger partial charge >= 0.3 is 6.03 Å². The molecule has 1 atom stereocenters. The zero-order chi connectivity index (χ0) is 14.4. The summed E-state index contributed by atoms with van der Waals surface area (Å²) in [6.45, 7) is 7.29. The van der Waals surface area contributed by atoms with Gasteiger partial charge in [0.05, 0.1) is 12.6 Å². The number of amides is 2. The average molecular weight is 264 g/mol. The third-order valence-electron chi connectivity index (χ3n) is 3.35. The summed E-state index contributed by atoms with van der Waals surface area (Å²) in [4.78, 5) is 13.6. The normalized spacial score (nSPS) is 12.1. The Hall–Kier alpha value is -1.55. The van der Waals surface area contributed by atoms with Gasteiger partial charge in [0.25, 0.3) is 0 Å². The van der Waals surface area contributed by atoms with Crippen molar-refractivity contribution in [3.05, 3.63) is 34.9 Å². The maximum atomic E-state index is 11.9. The third-order valence-corrected chi connectivity index (χ3v) is 3.35. The second-order valence-corrected chi connectivity index (χ2v) is 4.93. The average Bonchev–Trinajstić information content (AvgIpc) is 2.38. The van der Waals surface area contributed by atoms with Crippen LogP contribution in [-0.4, -0.2) is 38.2 Å². The van der Waals surface area contributed by atoms with E-state index in [1.165, 1.54) is 11.1 Å². The van der Waals surface area contributed by atoms with E-state index in [1.807, 2.05) is 6.92 Å². The first-order chi connectivity index (χ1) is 8.95. The van der Waals surface area contributed by atoms with Crippen LogP contribution in [-0.2, 0) is 4.74 Å². The number of nitrogens with zero attached hydrogens (tertiary/aromatic N) is 1. The lowest BCUT2D eigenvalue weighted by Gasteiger charge is -2.21. The van der Waals surface area contributed by atoms with Gasteiger partial charge in [-0.2, -0.15) is 0 Å². The van der Waals surface area contributed by atoms with E-state index in [2.05, 4.69) is 37.4 Å². The highest BCUT2D eigenvalue weighted by Crippen LogP contribution is 2.16. The minimum absolute atomic E-state index is 0.00297. The molecular formula is C15H24N2O2. The van der Waals surface area contributed by atoms with E-state index in [4.69, 9.17) is 4.74 Å². The zero-order valence-corrected chi connectivity index (χ0v) is 12.5. The van der Waals surface area contributed by atoms with Crippen molar-refractivity contribution in [2.24, 2.45) is 0 Å². The lowest BCUT2D eigenvalue weighted by molar-refractivity contribution is 0.158. The Balaban J connectivity index is 2.60. The first kappa shape index (κ1) is 15.5. The molecule has 1 aromatic carbocycles. The van der Waals surface area contributed by atoms with E-state index in [-0.39, 0.29) is 12.1 Å². The molecule has 0 fully saturated rings. The number of nitrogens with one attached hydrogen (secondary N) is 1. The summed E-state index contributed by atoms with van der Waals surface area (Å²) in [5, 5.41) is 2.98. The number of urea groups is 1. The van der Waals surface area contributed by atoms with Crippen LogP contribution in [0.25, 0.3) is 0 Å². The van der Waals surface area contributed by atoms with Gasteiger partial charge in [0.15, 0.2) is 0 Å². The van der Waals surface area contributed by atoms with Crippen LogP contribution in [0.1, 0.15) is 29.7 Å². The van der Waals surface area contributed by atoms with Gasteiger partial charge < -0.3 is 15.0 Å². The van der Waals surface area contributed by atoms with Crippen molar-refractivity contribution in [1.82, 2.24) is 10.2 Å². The van der Waals surface area contributed by atoms with Gasteiger partial charge in [0.1, 0.15) is 0 Å². The number of rotatable bonds is 5. The van der Waals surface area contributed by atoms with Crippen LogP contribution < -0.4 is 5.32 Å². The van der Waals surface area contributed by atoms with Gasteiger partial charge in [-0.3, -0.25) is 0 Å². The quantitative estimate of drug-likeness (QED) is 0.888. The number of likely N-dealkylation sites (N-methyl/N-ethyl adjacent to an activating group) is 1. The minimum atomic E-state index is -0.0808. The Morgan fingerprint density at radius 1 is 1.37 bits per heavy atom. The molecule has 1 aromatic rings. The topological polar surface area (TPSA) is 41.6 Å². The molecule has 106 valence electrons. The van der Waals surface area contributed by atoms with Crippen LogP contribution in [0.15, 0.2) is 18.2 Å². The van der Waals surface area contributed by atoms with E-state index in [0.29, 0.717) is 13.2 Å². The molecule has 0 saturated heterocycles. The lowest BCUT2D eigenvalue weighted by atomic mass is 10.0. The summed E-state index contributed by atoms with van der Waals surface area (Å²) >= 11 is 0. The number of hydrogen-bond donors (Lipinski definition) is 1. The van der Waals surface area contributed by atoms with Crippen LogP contribution in [0.5, 0.6) is 0 Å². The Labute approximate surface area is 115 Å². The zero-order valence-electron chi connectivity index (χ0n) is 12.5. The van der Waals surface area contributed by atoms with Crippen molar-refractivity contribution in [3.63, 3.8) is 0 Å². The fraction of sp³-hybridized carbons (Fsp3) is 0.533. The van der Waals surface area contributed by atoms with Crippen LogP contribution in [0.4, 0.5) is 4.79 Å². The SMILES string of the molecule is COCCN(C)C(=O)NC(C)c1ccc(C)c(C)c1. The maximum Gasteiger partial charge on any atom is 0.317 e. The highest BCUT2D eigenvalue weighted by atomic mass is 16.5. The van der Waals surface area contributed by atoms with Gasteiger partial charge in [-0.25, -0.2) is 4.79 Å². The molecule has 1 unspecified atom stereocenters. The highest BCUT2D eigenvalue weighted by molar-refractivity contribution is 5.74. The van der Waals surface area contributed by atoms with Crippen molar-refractivity contribution >= 4 is 6.03 Å². The fourth-order valence-electron chi connectivity index (χ4n) is 1.74. The standard InChI is InChI=1S/C15H24N2O2/c1-11-6-7-14(10-12(11)2)13(3)16-15(18)17(4)8-9-19-5/h6-7,10,13H,8-9H2,1-5H3,(H,16,18). The van der Waals surface area contributed by atoms with E-state index in [9.17, 15) is 4.79 Å². The molecule has 0 heterocycles. The van der Waals surface area contributed by atoms with Crippen molar-refractivity contribution in [2.75, 3.05) is 27.3 Å². The van der Waals surface area contributed by atoms with Crippen LogP contribution in [0.3, 0.4) is 0 Å². The smallest absolute Gasteiger partial charge is 0.317 e. The summed E-state index contributed by atoms with van der Waals surface area (Å²) < 4.78 is 4.96. The molecule has 0 saturated carbocycles. The third kappa shape index (κ3) is 4.56. The number of carbonyl (C=O) groups excluding carboxylic acids is 1. The Morgan fingerprint density at radius 2 is 2.05 bits per heavy atom. The van der Waals surface area contributed by atoms with Crippen LogP contribution in [0.2, 0.25) is 0 Å². The van der Waals surface area contributed by atoms with Crippen molar-refractivity contribution in [2.45, 2.75) is 26.8 Å².